The molecule has 0 bridgehead atoms. The number of carbonyl (C=O) groups is 2. The van der Waals surface area contributed by atoms with Crippen LogP contribution in [-0.2, 0) is 22.6 Å². The summed E-state index contributed by atoms with van der Waals surface area (Å²) in [6, 6.07) is 25.5. The number of benzene rings is 3. The van der Waals surface area contributed by atoms with Crippen LogP contribution in [0, 0.1) is 0 Å². The third-order valence-electron chi connectivity index (χ3n) is 5.32. The normalized spacial score (nSPS) is 15.7. The third-order valence-corrected chi connectivity index (χ3v) is 5.69. The lowest BCUT2D eigenvalue weighted by Gasteiger charge is -2.29. The first-order valence-corrected chi connectivity index (χ1v) is 10.8. The van der Waals surface area contributed by atoms with Crippen LogP contribution in [0.4, 0.5) is 4.79 Å². The van der Waals surface area contributed by atoms with E-state index in [1.807, 2.05) is 84.9 Å². The number of esters is 1. The number of carbonyl (C=O) groups excluding carboxylic acids is 2. The zero-order valence-electron chi connectivity index (χ0n) is 17.4. The monoisotopic (exact) mass is 446 g/mol. The van der Waals surface area contributed by atoms with Gasteiger partial charge in [-0.15, -0.1) is 0 Å². The van der Waals surface area contributed by atoms with Gasteiger partial charge < -0.3 is 15.4 Å². The Kier molecular flexibility index (Phi) is 6.87. The maximum absolute atomic E-state index is 13.3. The minimum absolute atomic E-state index is 0.149. The number of hydrogen-bond acceptors (Lipinski definition) is 3. The number of aryl methyl sites for hydroxylation is 1. The molecule has 2 amide bonds. The van der Waals surface area contributed by atoms with E-state index in [2.05, 4.69) is 10.6 Å². The van der Waals surface area contributed by atoms with Gasteiger partial charge in [0.05, 0.1) is 11.6 Å². The van der Waals surface area contributed by atoms with E-state index in [1.54, 1.807) is 0 Å². The molecule has 0 radical (unpaired) electrons. The van der Waals surface area contributed by atoms with E-state index >= 15 is 0 Å². The van der Waals surface area contributed by atoms with Crippen LogP contribution in [-0.4, -0.2) is 12.0 Å². The molecule has 0 fully saturated rings. The standard InChI is InChI=1S/C26H23ClN2O3/c27-21-14-8-7-11-19(21)15-16-22-23(25(30)32-17-18-9-3-1-4-10-18)24(29-26(31)28-22)20-12-5-2-6-13-20/h1-14,24H,15-17H2,(H2,28,29,31). The molecule has 4 rings (SSSR count). The van der Waals surface area contributed by atoms with Gasteiger partial charge in [-0.2, -0.15) is 0 Å². The molecule has 0 saturated heterocycles. The number of ether oxygens (including phenoxy) is 1. The van der Waals surface area contributed by atoms with Crippen molar-refractivity contribution < 1.29 is 14.3 Å². The molecule has 6 heteroatoms. The van der Waals surface area contributed by atoms with Gasteiger partial charge in [-0.1, -0.05) is 90.5 Å². The van der Waals surface area contributed by atoms with Crippen LogP contribution in [0.2, 0.25) is 5.02 Å². The maximum atomic E-state index is 13.3. The van der Waals surface area contributed by atoms with Crippen molar-refractivity contribution in [1.82, 2.24) is 10.6 Å². The summed E-state index contributed by atoms with van der Waals surface area (Å²) in [5, 5.41) is 6.34. The van der Waals surface area contributed by atoms with E-state index in [1.165, 1.54) is 0 Å². The van der Waals surface area contributed by atoms with Gasteiger partial charge in [0.1, 0.15) is 6.61 Å². The Bertz CT molecular complexity index is 1130. The quantitative estimate of drug-likeness (QED) is 0.482. The van der Waals surface area contributed by atoms with E-state index in [-0.39, 0.29) is 12.6 Å². The summed E-state index contributed by atoms with van der Waals surface area (Å²) in [7, 11) is 0. The van der Waals surface area contributed by atoms with Crippen LogP contribution >= 0.6 is 11.6 Å². The number of halogens is 1. The van der Waals surface area contributed by atoms with Crippen LogP contribution < -0.4 is 10.6 Å². The Hall–Kier alpha value is -3.57. The number of amides is 2. The topological polar surface area (TPSA) is 67.4 Å². The lowest BCUT2D eigenvalue weighted by molar-refractivity contribution is -0.140. The summed E-state index contributed by atoms with van der Waals surface area (Å²) in [5.41, 5.74) is 3.59. The van der Waals surface area contributed by atoms with E-state index in [4.69, 9.17) is 16.3 Å². The summed E-state index contributed by atoms with van der Waals surface area (Å²) in [4.78, 5) is 25.7. The minimum atomic E-state index is -0.602. The van der Waals surface area contributed by atoms with Crippen molar-refractivity contribution in [1.29, 1.82) is 0 Å². The molecule has 162 valence electrons. The Morgan fingerprint density at radius 2 is 1.53 bits per heavy atom. The number of allylic oxidation sites excluding steroid dienone is 1. The van der Waals surface area contributed by atoms with Gasteiger partial charge in [-0.3, -0.25) is 0 Å². The second kappa shape index (κ2) is 10.2. The highest BCUT2D eigenvalue weighted by molar-refractivity contribution is 6.31. The van der Waals surface area contributed by atoms with Crippen molar-refractivity contribution in [3.05, 3.63) is 118 Å². The molecule has 32 heavy (non-hydrogen) atoms. The summed E-state index contributed by atoms with van der Waals surface area (Å²) in [5.74, 6) is -0.468. The predicted molar refractivity (Wildman–Crippen MR) is 124 cm³/mol. The average Bonchev–Trinajstić information content (AvgIpc) is 2.83. The van der Waals surface area contributed by atoms with Gasteiger partial charge in [-0.05, 0) is 35.6 Å². The van der Waals surface area contributed by atoms with Crippen LogP contribution in [0.3, 0.4) is 0 Å². The Morgan fingerprint density at radius 1 is 0.875 bits per heavy atom. The minimum Gasteiger partial charge on any atom is -0.457 e. The summed E-state index contributed by atoms with van der Waals surface area (Å²) in [6.07, 6.45) is 1.02. The van der Waals surface area contributed by atoms with Crippen LogP contribution in [0.5, 0.6) is 0 Å². The fraction of sp³-hybridized carbons (Fsp3) is 0.154. The Balaban J connectivity index is 1.65. The molecule has 1 aliphatic rings. The molecular weight excluding hydrogens is 424 g/mol. The molecule has 1 aliphatic heterocycles. The number of rotatable bonds is 7. The summed E-state index contributed by atoms with van der Waals surface area (Å²) < 4.78 is 5.65. The van der Waals surface area contributed by atoms with Gasteiger partial charge in [0, 0.05) is 10.7 Å². The smallest absolute Gasteiger partial charge is 0.338 e. The SMILES string of the molecule is O=C1NC(CCc2ccccc2Cl)=C(C(=O)OCc2ccccc2)C(c2ccccc2)N1. The molecule has 3 aromatic rings. The fourth-order valence-electron chi connectivity index (χ4n) is 3.71. The van der Waals surface area contributed by atoms with Gasteiger partial charge in [-0.25, -0.2) is 9.59 Å². The summed E-state index contributed by atoms with van der Waals surface area (Å²) >= 11 is 6.30. The van der Waals surface area contributed by atoms with Crippen molar-refractivity contribution >= 4 is 23.6 Å². The molecule has 0 aromatic heterocycles. The lowest BCUT2D eigenvalue weighted by atomic mass is 9.93. The molecular formula is C26H23ClN2O3. The van der Waals surface area contributed by atoms with Crippen LogP contribution in [0.25, 0.3) is 0 Å². The molecule has 1 unspecified atom stereocenters. The first-order chi connectivity index (χ1) is 15.6. The van der Waals surface area contributed by atoms with Crippen LogP contribution in [0.1, 0.15) is 29.2 Å². The largest absolute Gasteiger partial charge is 0.457 e. The van der Waals surface area contributed by atoms with E-state index in [0.29, 0.717) is 29.1 Å². The molecule has 0 spiro atoms. The highest BCUT2D eigenvalue weighted by Gasteiger charge is 2.33. The fourth-order valence-corrected chi connectivity index (χ4v) is 3.94. The first kappa shape index (κ1) is 21.7. The second-order valence-corrected chi connectivity index (χ2v) is 7.89. The first-order valence-electron chi connectivity index (χ1n) is 10.4. The van der Waals surface area contributed by atoms with Crippen molar-refractivity contribution in [2.75, 3.05) is 0 Å². The molecule has 2 N–H and O–H groups in total. The van der Waals surface area contributed by atoms with Crippen LogP contribution in [0.15, 0.2) is 96.2 Å². The number of urea groups is 1. The van der Waals surface area contributed by atoms with Crippen molar-refractivity contribution in [3.8, 4) is 0 Å². The van der Waals surface area contributed by atoms with E-state index < -0.39 is 12.0 Å². The zero-order chi connectivity index (χ0) is 22.3. The molecule has 0 aliphatic carbocycles. The number of hydrogen-bond donors (Lipinski definition) is 2. The molecule has 1 atom stereocenters. The Morgan fingerprint density at radius 3 is 2.25 bits per heavy atom. The van der Waals surface area contributed by atoms with Crippen molar-refractivity contribution in [2.45, 2.75) is 25.5 Å². The third kappa shape index (κ3) is 5.18. The van der Waals surface area contributed by atoms with Crippen molar-refractivity contribution in [2.24, 2.45) is 0 Å². The zero-order valence-corrected chi connectivity index (χ0v) is 18.1. The van der Waals surface area contributed by atoms with Gasteiger partial charge >= 0.3 is 12.0 Å². The molecule has 5 nitrogen and oxygen atoms in total. The highest BCUT2D eigenvalue weighted by Crippen LogP contribution is 2.30. The number of nitrogens with one attached hydrogen (secondary N) is 2. The van der Waals surface area contributed by atoms with Gasteiger partial charge in [0.25, 0.3) is 0 Å². The lowest BCUT2D eigenvalue weighted by Crippen LogP contribution is -2.46. The second-order valence-electron chi connectivity index (χ2n) is 7.49. The van der Waals surface area contributed by atoms with Crippen molar-refractivity contribution in [3.63, 3.8) is 0 Å². The molecule has 1 heterocycles. The predicted octanol–water partition coefficient (Wildman–Crippen LogP) is 5.32. The average molecular weight is 447 g/mol. The van der Waals surface area contributed by atoms with Gasteiger partial charge in [0.15, 0.2) is 0 Å². The van der Waals surface area contributed by atoms with Gasteiger partial charge in [0.2, 0.25) is 0 Å². The highest BCUT2D eigenvalue weighted by atomic mass is 35.5. The Labute approximate surface area is 192 Å². The van der Waals surface area contributed by atoms with E-state index in [9.17, 15) is 9.59 Å². The van der Waals surface area contributed by atoms with E-state index in [0.717, 1.165) is 16.7 Å². The molecule has 3 aromatic carbocycles. The molecule has 0 saturated carbocycles. The summed E-state index contributed by atoms with van der Waals surface area (Å²) in [6.45, 7) is 0.149. The maximum Gasteiger partial charge on any atom is 0.338 e.